The quantitative estimate of drug-likeness (QED) is 0.660. The Morgan fingerprint density at radius 3 is 3.15 bits per heavy atom. The number of oxazole rings is 1. The molecule has 0 aliphatic heterocycles. The van der Waals surface area contributed by atoms with Gasteiger partial charge in [-0.2, -0.15) is 0 Å². The van der Waals surface area contributed by atoms with Gasteiger partial charge < -0.3 is 4.42 Å². The van der Waals surface area contributed by atoms with Crippen LogP contribution < -0.4 is 0 Å². The van der Waals surface area contributed by atoms with Crippen LogP contribution in [-0.4, -0.2) is 16.5 Å². The number of nitrogens with zero attached hydrogens (tertiary/aromatic N) is 1. The van der Waals surface area contributed by atoms with E-state index in [1.165, 1.54) is 18.0 Å². The number of aromatic nitrogens is 1. The van der Waals surface area contributed by atoms with Crippen molar-refractivity contribution in [2.75, 3.05) is 5.75 Å². The summed E-state index contributed by atoms with van der Waals surface area (Å²) in [7, 11) is 0. The molecular weight excluding hydrogens is 186 g/mol. The molecule has 1 aromatic heterocycles. The summed E-state index contributed by atoms with van der Waals surface area (Å²) < 4.78 is 4.99. The third-order valence-corrected chi connectivity index (χ3v) is 2.49. The second-order valence-corrected chi connectivity index (χ2v) is 3.66. The Kier molecular flexibility index (Phi) is 4.60. The van der Waals surface area contributed by atoms with Crippen LogP contribution in [0, 0.1) is 0 Å². The number of hydrogen-bond donors (Lipinski definition) is 0. The molecule has 0 bridgehead atoms. The monoisotopic (exact) mass is 199 g/mol. The van der Waals surface area contributed by atoms with Gasteiger partial charge in [0.15, 0.2) is 0 Å². The minimum absolute atomic E-state index is 0.269. The number of rotatable bonds is 6. The Bertz CT molecular complexity index is 246. The number of hydrogen-bond acceptors (Lipinski definition) is 4. The molecule has 13 heavy (non-hydrogen) atoms. The summed E-state index contributed by atoms with van der Waals surface area (Å²) >= 11 is 1.36. The van der Waals surface area contributed by atoms with Crippen molar-refractivity contribution in [1.29, 1.82) is 0 Å². The highest BCUT2D eigenvalue weighted by atomic mass is 32.2. The zero-order valence-corrected chi connectivity index (χ0v) is 8.47. The van der Waals surface area contributed by atoms with Gasteiger partial charge >= 0.3 is 0 Å². The molecule has 0 atom stereocenters. The van der Waals surface area contributed by atoms with E-state index in [9.17, 15) is 4.79 Å². The van der Waals surface area contributed by atoms with Crippen LogP contribution in [0.1, 0.15) is 26.2 Å². The van der Waals surface area contributed by atoms with Gasteiger partial charge in [-0.25, -0.2) is 4.98 Å². The van der Waals surface area contributed by atoms with E-state index in [-0.39, 0.29) is 5.78 Å². The maximum atomic E-state index is 11.2. The molecule has 0 saturated heterocycles. The van der Waals surface area contributed by atoms with E-state index in [0.29, 0.717) is 17.4 Å². The molecule has 0 fully saturated rings. The van der Waals surface area contributed by atoms with Gasteiger partial charge in [0.25, 0.3) is 5.22 Å². The van der Waals surface area contributed by atoms with Crippen LogP contribution >= 0.6 is 11.8 Å². The van der Waals surface area contributed by atoms with Crippen LogP contribution in [0.15, 0.2) is 22.1 Å². The van der Waals surface area contributed by atoms with Gasteiger partial charge in [0, 0.05) is 6.42 Å². The number of thioether (sulfide) groups is 1. The van der Waals surface area contributed by atoms with E-state index in [0.717, 1.165) is 12.8 Å². The lowest BCUT2D eigenvalue weighted by atomic mass is 10.2. The first-order chi connectivity index (χ1) is 6.33. The van der Waals surface area contributed by atoms with Crippen molar-refractivity contribution in [3.8, 4) is 0 Å². The lowest BCUT2D eigenvalue weighted by Gasteiger charge is -1.96. The first kappa shape index (κ1) is 10.3. The third kappa shape index (κ3) is 4.12. The minimum atomic E-state index is 0.269. The molecule has 1 rings (SSSR count). The van der Waals surface area contributed by atoms with Crippen molar-refractivity contribution < 1.29 is 9.21 Å². The van der Waals surface area contributed by atoms with Crippen molar-refractivity contribution >= 4 is 17.5 Å². The van der Waals surface area contributed by atoms with E-state index in [1.807, 2.05) is 0 Å². The van der Waals surface area contributed by atoms with E-state index in [1.54, 1.807) is 6.20 Å². The zero-order valence-electron chi connectivity index (χ0n) is 7.66. The first-order valence-corrected chi connectivity index (χ1v) is 5.35. The summed E-state index contributed by atoms with van der Waals surface area (Å²) in [4.78, 5) is 15.1. The van der Waals surface area contributed by atoms with E-state index < -0.39 is 0 Å². The number of unbranched alkanes of at least 4 members (excludes halogenated alkanes) is 1. The summed E-state index contributed by atoms with van der Waals surface area (Å²) in [5, 5.41) is 0.574. The number of carbonyl (C=O) groups is 1. The lowest BCUT2D eigenvalue weighted by molar-refractivity contribution is -0.116. The molecule has 0 saturated carbocycles. The number of carbonyl (C=O) groups excluding carboxylic acids is 1. The zero-order chi connectivity index (χ0) is 9.52. The summed E-state index contributed by atoms with van der Waals surface area (Å²) in [5.74, 6) is 0.741. The van der Waals surface area contributed by atoms with E-state index >= 15 is 0 Å². The molecule has 0 aliphatic carbocycles. The molecule has 4 heteroatoms. The van der Waals surface area contributed by atoms with Crippen LogP contribution in [0.2, 0.25) is 0 Å². The predicted molar refractivity (Wildman–Crippen MR) is 51.8 cm³/mol. The molecule has 0 spiro atoms. The van der Waals surface area contributed by atoms with Gasteiger partial charge in [-0.05, 0) is 6.42 Å². The topological polar surface area (TPSA) is 43.1 Å². The fourth-order valence-electron chi connectivity index (χ4n) is 0.870. The van der Waals surface area contributed by atoms with Crippen LogP contribution in [0.4, 0.5) is 0 Å². The summed E-state index contributed by atoms with van der Waals surface area (Å²) in [6.07, 6.45) is 5.81. The van der Waals surface area contributed by atoms with Crippen molar-refractivity contribution in [2.45, 2.75) is 31.4 Å². The van der Waals surface area contributed by atoms with Crippen LogP contribution in [0.5, 0.6) is 0 Å². The van der Waals surface area contributed by atoms with E-state index in [2.05, 4.69) is 11.9 Å². The predicted octanol–water partition coefficient (Wildman–Crippen LogP) is 2.53. The Labute approximate surface area is 81.9 Å². The molecule has 0 radical (unpaired) electrons. The summed E-state index contributed by atoms with van der Waals surface area (Å²) in [6.45, 7) is 2.08. The molecule has 72 valence electrons. The Morgan fingerprint density at radius 2 is 2.54 bits per heavy atom. The normalized spacial score (nSPS) is 10.2. The molecule has 1 aromatic rings. The molecule has 0 amide bonds. The van der Waals surface area contributed by atoms with Crippen molar-refractivity contribution in [2.24, 2.45) is 0 Å². The van der Waals surface area contributed by atoms with Gasteiger partial charge in [-0.1, -0.05) is 25.1 Å². The summed E-state index contributed by atoms with van der Waals surface area (Å²) in [6, 6.07) is 0. The Balaban J connectivity index is 2.15. The van der Waals surface area contributed by atoms with Gasteiger partial charge in [0.05, 0.1) is 11.9 Å². The molecule has 0 aliphatic rings. The van der Waals surface area contributed by atoms with Crippen molar-refractivity contribution in [1.82, 2.24) is 4.98 Å². The fraction of sp³-hybridized carbons (Fsp3) is 0.556. The average molecular weight is 199 g/mol. The number of Topliss-reactive ketones (excluding diaryl/α,β-unsaturated/α-hetero) is 1. The van der Waals surface area contributed by atoms with E-state index in [4.69, 9.17) is 4.42 Å². The highest BCUT2D eigenvalue weighted by Gasteiger charge is 2.04. The Hall–Kier alpha value is -0.770. The fourth-order valence-corrected chi connectivity index (χ4v) is 1.56. The minimum Gasteiger partial charge on any atom is -0.440 e. The second-order valence-electron chi connectivity index (χ2n) is 2.73. The molecule has 0 unspecified atom stereocenters. The Morgan fingerprint density at radius 1 is 1.69 bits per heavy atom. The van der Waals surface area contributed by atoms with Crippen LogP contribution in [0.3, 0.4) is 0 Å². The largest absolute Gasteiger partial charge is 0.440 e. The second kappa shape index (κ2) is 5.80. The SMILES string of the molecule is CCCCC(=O)CSc1ncco1. The third-order valence-electron chi connectivity index (χ3n) is 1.58. The van der Waals surface area contributed by atoms with Crippen molar-refractivity contribution in [3.63, 3.8) is 0 Å². The molecule has 0 N–H and O–H groups in total. The average Bonchev–Trinajstić information content (AvgIpc) is 2.64. The molecular formula is C9H13NO2S. The highest BCUT2D eigenvalue weighted by molar-refractivity contribution is 7.99. The molecule has 3 nitrogen and oxygen atoms in total. The van der Waals surface area contributed by atoms with Crippen LogP contribution in [-0.2, 0) is 4.79 Å². The van der Waals surface area contributed by atoms with Crippen LogP contribution in [0.25, 0.3) is 0 Å². The molecule has 1 heterocycles. The number of ketones is 1. The maximum absolute atomic E-state index is 11.2. The lowest BCUT2D eigenvalue weighted by Crippen LogP contribution is -2.00. The maximum Gasteiger partial charge on any atom is 0.255 e. The van der Waals surface area contributed by atoms with Gasteiger partial charge in [-0.3, -0.25) is 4.79 Å². The van der Waals surface area contributed by atoms with Crippen molar-refractivity contribution in [3.05, 3.63) is 12.5 Å². The van der Waals surface area contributed by atoms with Gasteiger partial charge in [0.2, 0.25) is 0 Å². The summed E-state index contributed by atoms with van der Waals surface area (Å²) in [5.41, 5.74) is 0. The smallest absolute Gasteiger partial charge is 0.255 e. The molecule has 0 aromatic carbocycles. The standard InChI is InChI=1S/C9H13NO2S/c1-2-3-4-8(11)7-13-9-10-5-6-12-9/h5-6H,2-4,7H2,1H3. The highest BCUT2D eigenvalue weighted by Crippen LogP contribution is 2.15. The van der Waals surface area contributed by atoms with Gasteiger partial charge in [0.1, 0.15) is 12.0 Å². The van der Waals surface area contributed by atoms with Gasteiger partial charge in [-0.15, -0.1) is 0 Å². The first-order valence-electron chi connectivity index (χ1n) is 4.37.